The van der Waals surface area contributed by atoms with E-state index in [1.807, 2.05) is 24.3 Å². The Hall–Kier alpha value is -5.16. The molecule has 5 heterocycles. The predicted octanol–water partition coefficient (Wildman–Crippen LogP) is 5.60. The molecule has 3 amide bonds. The van der Waals surface area contributed by atoms with Crippen LogP contribution in [-0.4, -0.2) is 91.1 Å². The first-order valence-electron chi connectivity index (χ1n) is 19.9. The van der Waals surface area contributed by atoms with Gasteiger partial charge in [-0.2, -0.15) is 0 Å². The average Bonchev–Trinajstić information content (AvgIpc) is 3.53. The maximum atomic E-state index is 16.1. The van der Waals surface area contributed by atoms with Gasteiger partial charge in [-0.3, -0.25) is 24.6 Å². The zero-order valence-corrected chi connectivity index (χ0v) is 31.0. The molecular formula is C44H48FN5O5. The number of amides is 3. The van der Waals surface area contributed by atoms with Gasteiger partial charge in [-0.05, 0) is 85.0 Å². The fourth-order valence-corrected chi connectivity index (χ4v) is 9.77. The van der Waals surface area contributed by atoms with Gasteiger partial charge in [0.25, 0.3) is 5.91 Å². The first-order chi connectivity index (χ1) is 26.8. The van der Waals surface area contributed by atoms with Crippen LogP contribution in [0.3, 0.4) is 0 Å². The number of benzene rings is 3. The van der Waals surface area contributed by atoms with Crippen molar-refractivity contribution in [3.63, 3.8) is 0 Å². The highest BCUT2D eigenvalue weighted by Gasteiger charge is 2.40. The lowest BCUT2D eigenvalue weighted by molar-refractivity contribution is -0.136. The maximum absolute atomic E-state index is 16.1. The van der Waals surface area contributed by atoms with Crippen LogP contribution in [0.2, 0.25) is 0 Å². The molecule has 0 bridgehead atoms. The first-order valence-corrected chi connectivity index (χ1v) is 19.9. The Labute approximate surface area is 321 Å². The summed E-state index contributed by atoms with van der Waals surface area (Å²) in [6, 6.07) is 16.5. The summed E-state index contributed by atoms with van der Waals surface area (Å²) in [6.07, 6.45) is 12.2. The summed E-state index contributed by atoms with van der Waals surface area (Å²) < 4.78 is 22.2. The molecule has 6 aliphatic rings. The molecule has 9 rings (SSSR count). The van der Waals surface area contributed by atoms with Crippen molar-refractivity contribution in [2.24, 2.45) is 17.8 Å². The molecule has 2 N–H and O–H groups in total. The van der Waals surface area contributed by atoms with E-state index in [9.17, 15) is 19.5 Å². The van der Waals surface area contributed by atoms with Crippen molar-refractivity contribution in [3.05, 3.63) is 107 Å². The summed E-state index contributed by atoms with van der Waals surface area (Å²) in [7, 11) is 0. The number of phenols is 1. The molecule has 0 aromatic heterocycles. The van der Waals surface area contributed by atoms with Gasteiger partial charge in [0.05, 0.1) is 12.3 Å². The number of piperazine rings is 1. The smallest absolute Gasteiger partial charge is 0.255 e. The molecule has 0 radical (unpaired) electrons. The predicted molar refractivity (Wildman–Crippen MR) is 208 cm³/mol. The number of hydrogen-bond donors (Lipinski definition) is 2. The van der Waals surface area contributed by atoms with Crippen LogP contribution >= 0.6 is 0 Å². The summed E-state index contributed by atoms with van der Waals surface area (Å²) in [4.78, 5) is 46.0. The number of carbonyl (C=O) groups is 3. The molecule has 3 aromatic rings. The molecule has 286 valence electrons. The molecule has 3 fully saturated rings. The van der Waals surface area contributed by atoms with Crippen LogP contribution in [0, 0.1) is 23.6 Å². The number of carbonyl (C=O) groups excluding carboxylic acids is 3. The number of nitrogens with one attached hydrogen (secondary N) is 1. The highest BCUT2D eigenvalue weighted by atomic mass is 19.1. The molecule has 1 unspecified atom stereocenters. The third-order valence-electron chi connectivity index (χ3n) is 12.8. The Morgan fingerprint density at radius 1 is 0.873 bits per heavy atom. The van der Waals surface area contributed by atoms with Gasteiger partial charge in [-0.25, -0.2) is 4.39 Å². The maximum Gasteiger partial charge on any atom is 0.255 e. The van der Waals surface area contributed by atoms with Gasteiger partial charge < -0.3 is 24.5 Å². The number of rotatable bonds is 7. The number of hydrogen-bond acceptors (Lipinski definition) is 8. The number of halogens is 1. The van der Waals surface area contributed by atoms with Crippen molar-refractivity contribution in [2.75, 3.05) is 62.2 Å². The monoisotopic (exact) mass is 745 g/mol. The molecule has 0 spiro atoms. The summed E-state index contributed by atoms with van der Waals surface area (Å²) in [5.74, 6) is 0.796. The molecule has 3 saturated heterocycles. The van der Waals surface area contributed by atoms with Gasteiger partial charge in [0, 0.05) is 93.5 Å². The SMILES string of the molecule is O=C1CC[C@H](N2Cc3cc(N4CCN(CC5CCN(c6ccc([C@@H]7c8ccc(O)cc8OC[C@@H]7C7C=CC=CC7)cc6F)CC5)CC4)ccc3C2=O)C(=O)N1. The number of imide groups is 1. The fraction of sp³-hybridized carbons (Fsp3) is 0.432. The van der Waals surface area contributed by atoms with Crippen molar-refractivity contribution in [1.82, 2.24) is 15.1 Å². The van der Waals surface area contributed by atoms with E-state index in [1.54, 1.807) is 23.1 Å². The number of anilines is 2. The van der Waals surface area contributed by atoms with E-state index in [-0.39, 0.29) is 53.5 Å². The summed E-state index contributed by atoms with van der Waals surface area (Å²) >= 11 is 0. The van der Waals surface area contributed by atoms with Crippen molar-refractivity contribution >= 4 is 29.1 Å². The fourth-order valence-electron chi connectivity index (χ4n) is 9.77. The number of aromatic hydroxyl groups is 1. The molecular weight excluding hydrogens is 698 g/mol. The Morgan fingerprint density at radius 3 is 2.47 bits per heavy atom. The second kappa shape index (κ2) is 14.8. The number of ether oxygens (including phenoxy) is 1. The number of allylic oxidation sites excluding steroid dienone is 4. The molecule has 55 heavy (non-hydrogen) atoms. The van der Waals surface area contributed by atoms with Crippen LogP contribution in [0.15, 0.2) is 78.9 Å². The van der Waals surface area contributed by atoms with Crippen molar-refractivity contribution in [2.45, 2.75) is 50.6 Å². The van der Waals surface area contributed by atoms with Gasteiger partial charge in [0.2, 0.25) is 11.8 Å². The average molecular weight is 746 g/mol. The Kier molecular flexibility index (Phi) is 9.58. The third kappa shape index (κ3) is 6.99. The first kappa shape index (κ1) is 35.5. The Morgan fingerprint density at radius 2 is 1.71 bits per heavy atom. The van der Waals surface area contributed by atoms with Crippen molar-refractivity contribution < 1.29 is 28.6 Å². The Bertz CT molecular complexity index is 2050. The van der Waals surface area contributed by atoms with Crippen molar-refractivity contribution in [1.29, 1.82) is 0 Å². The number of phenolic OH excluding ortho intramolecular Hbond substituents is 1. The zero-order valence-electron chi connectivity index (χ0n) is 31.0. The standard InChI is InChI=1S/C44H48FN5O5/c45-37-23-30(42-35-10-8-33(51)24-40(35)55-27-36(42)29-4-2-1-3-5-29)6-11-38(37)49-16-14-28(15-17-49)25-47-18-20-48(21-19-47)32-7-9-34-31(22-32)26-50(44(34)54)39-12-13-41(52)46-43(39)53/h1-4,6-11,22-24,28-29,36,39,42,51H,5,12-21,25-27H2,(H,46,52,53)/t29?,36-,39+,42-/m1/s1. The quantitative estimate of drug-likeness (QED) is 0.302. The molecule has 1 aliphatic carbocycles. The minimum absolute atomic E-state index is 0.0393. The van der Waals surface area contributed by atoms with E-state index >= 15 is 4.39 Å². The van der Waals surface area contributed by atoms with Crippen LogP contribution in [-0.2, 0) is 16.1 Å². The summed E-state index contributed by atoms with van der Waals surface area (Å²) in [5, 5.41) is 12.5. The topological polar surface area (TPSA) is 106 Å². The van der Waals surface area contributed by atoms with E-state index in [0.29, 0.717) is 42.5 Å². The van der Waals surface area contributed by atoms with Gasteiger partial charge in [-0.1, -0.05) is 36.4 Å². The van der Waals surface area contributed by atoms with Crippen LogP contribution in [0.25, 0.3) is 0 Å². The summed E-state index contributed by atoms with van der Waals surface area (Å²) in [5.41, 5.74) is 5.27. The minimum Gasteiger partial charge on any atom is -0.508 e. The molecule has 4 atom stereocenters. The molecule has 3 aromatic carbocycles. The lowest BCUT2D eigenvalue weighted by Crippen LogP contribution is -2.52. The molecule has 0 saturated carbocycles. The number of nitrogens with zero attached hydrogens (tertiary/aromatic N) is 4. The van der Waals surface area contributed by atoms with Crippen LogP contribution < -0.4 is 19.9 Å². The van der Waals surface area contributed by atoms with Gasteiger partial charge in [-0.15, -0.1) is 0 Å². The second-order valence-corrected chi connectivity index (χ2v) is 16.1. The Balaban J connectivity index is 0.790. The van der Waals surface area contributed by atoms with Crippen molar-refractivity contribution in [3.8, 4) is 11.5 Å². The van der Waals surface area contributed by atoms with E-state index in [1.165, 1.54) is 0 Å². The molecule has 5 aliphatic heterocycles. The van der Waals surface area contributed by atoms with Crippen LogP contribution in [0.4, 0.5) is 15.8 Å². The van der Waals surface area contributed by atoms with Gasteiger partial charge in [0.1, 0.15) is 23.4 Å². The van der Waals surface area contributed by atoms with E-state index in [4.69, 9.17) is 4.74 Å². The molecule has 11 heteroatoms. The van der Waals surface area contributed by atoms with Gasteiger partial charge >= 0.3 is 0 Å². The zero-order chi connectivity index (χ0) is 37.6. The minimum atomic E-state index is -0.607. The third-order valence-corrected chi connectivity index (χ3v) is 12.8. The summed E-state index contributed by atoms with van der Waals surface area (Å²) in [6.45, 7) is 7.29. The van der Waals surface area contributed by atoms with Crippen LogP contribution in [0.1, 0.15) is 65.1 Å². The lowest BCUT2D eigenvalue weighted by atomic mass is 9.71. The lowest BCUT2D eigenvalue weighted by Gasteiger charge is -2.40. The normalized spacial score (nSPS) is 25.8. The molecule has 10 nitrogen and oxygen atoms in total. The van der Waals surface area contributed by atoms with E-state index in [0.717, 1.165) is 87.5 Å². The number of piperidine rings is 2. The largest absolute Gasteiger partial charge is 0.508 e. The highest BCUT2D eigenvalue weighted by molar-refractivity contribution is 6.05. The van der Waals surface area contributed by atoms with Crippen LogP contribution in [0.5, 0.6) is 11.5 Å². The van der Waals surface area contributed by atoms with E-state index < -0.39 is 6.04 Å². The van der Waals surface area contributed by atoms with Gasteiger partial charge in [0.15, 0.2) is 0 Å². The van der Waals surface area contributed by atoms with E-state index in [2.05, 4.69) is 56.5 Å². The highest BCUT2D eigenvalue weighted by Crippen LogP contribution is 2.47. The second-order valence-electron chi connectivity index (χ2n) is 16.1. The number of fused-ring (bicyclic) bond motifs is 2.